The number of carbonyl (C=O) groups excluding carboxylic acids is 1. The second-order valence-electron chi connectivity index (χ2n) is 8.16. The van der Waals surface area contributed by atoms with Crippen molar-refractivity contribution in [3.63, 3.8) is 0 Å². The van der Waals surface area contributed by atoms with E-state index in [0.717, 1.165) is 31.3 Å². The van der Waals surface area contributed by atoms with Gasteiger partial charge < -0.3 is 14.5 Å². The van der Waals surface area contributed by atoms with Crippen molar-refractivity contribution >= 4 is 5.91 Å². The minimum Gasteiger partial charge on any atom is -0.484 e. The Labute approximate surface area is 156 Å². The maximum Gasteiger partial charge on any atom is 0.260 e. The second-order valence-corrected chi connectivity index (χ2v) is 8.16. The van der Waals surface area contributed by atoms with Gasteiger partial charge in [-0.2, -0.15) is 0 Å². The molecular formula is C21H31FN2O2. The standard InChI is InChI=1S/C21H31FN2O2/c1-16(2)13-23-10-7-17(8-11-23)18-9-12-24(14-18)21(25)15-26-20-5-3-19(22)4-6-20/h3-6,16-18H,7-15H2,1-2H3/t18-/m1/s1. The predicted molar refractivity (Wildman–Crippen MR) is 101 cm³/mol. The fourth-order valence-electron chi connectivity index (χ4n) is 4.29. The zero-order valence-electron chi connectivity index (χ0n) is 16.0. The van der Waals surface area contributed by atoms with Crippen LogP contribution in [0.25, 0.3) is 0 Å². The van der Waals surface area contributed by atoms with E-state index in [4.69, 9.17) is 4.74 Å². The van der Waals surface area contributed by atoms with Gasteiger partial charge in [0.05, 0.1) is 0 Å². The van der Waals surface area contributed by atoms with Crippen molar-refractivity contribution in [1.29, 1.82) is 0 Å². The summed E-state index contributed by atoms with van der Waals surface area (Å²) >= 11 is 0. The van der Waals surface area contributed by atoms with E-state index in [1.807, 2.05) is 4.90 Å². The molecule has 3 rings (SSSR count). The molecule has 0 aromatic heterocycles. The molecule has 2 saturated heterocycles. The van der Waals surface area contributed by atoms with E-state index < -0.39 is 0 Å². The highest BCUT2D eigenvalue weighted by Crippen LogP contribution is 2.32. The first-order valence-electron chi connectivity index (χ1n) is 9.89. The van der Waals surface area contributed by atoms with Gasteiger partial charge in [0, 0.05) is 19.6 Å². The lowest BCUT2D eigenvalue weighted by atomic mass is 9.83. The van der Waals surface area contributed by atoms with Gasteiger partial charge in [0.15, 0.2) is 6.61 Å². The molecule has 2 aliphatic rings. The van der Waals surface area contributed by atoms with Crippen molar-refractivity contribution in [2.75, 3.05) is 39.3 Å². The molecule has 144 valence electrons. The molecule has 1 aromatic rings. The number of hydrogen-bond donors (Lipinski definition) is 0. The molecule has 0 N–H and O–H groups in total. The van der Waals surface area contributed by atoms with Crippen LogP contribution in [0.3, 0.4) is 0 Å². The molecule has 1 atom stereocenters. The quantitative estimate of drug-likeness (QED) is 0.777. The molecule has 1 aromatic carbocycles. The Hall–Kier alpha value is -1.62. The molecule has 26 heavy (non-hydrogen) atoms. The van der Waals surface area contributed by atoms with E-state index in [9.17, 15) is 9.18 Å². The molecule has 2 heterocycles. The van der Waals surface area contributed by atoms with Crippen molar-refractivity contribution in [2.24, 2.45) is 17.8 Å². The van der Waals surface area contributed by atoms with E-state index in [1.165, 1.54) is 44.6 Å². The number of benzene rings is 1. The van der Waals surface area contributed by atoms with Crippen LogP contribution in [0, 0.1) is 23.6 Å². The zero-order chi connectivity index (χ0) is 18.5. The first-order chi connectivity index (χ1) is 12.5. The Balaban J connectivity index is 1.40. The smallest absolute Gasteiger partial charge is 0.260 e. The highest BCUT2D eigenvalue weighted by atomic mass is 19.1. The van der Waals surface area contributed by atoms with E-state index in [1.54, 1.807) is 12.1 Å². The number of rotatable bonds is 6. The van der Waals surface area contributed by atoms with Crippen LogP contribution in [-0.2, 0) is 4.79 Å². The van der Waals surface area contributed by atoms with Crippen molar-refractivity contribution in [3.8, 4) is 5.75 Å². The molecule has 0 saturated carbocycles. The number of ether oxygens (including phenoxy) is 1. The molecule has 0 aliphatic carbocycles. The third kappa shape index (κ3) is 5.19. The summed E-state index contributed by atoms with van der Waals surface area (Å²) in [7, 11) is 0. The second kappa shape index (κ2) is 8.85. The van der Waals surface area contributed by atoms with E-state index in [2.05, 4.69) is 18.7 Å². The molecule has 2 fully saturated rings. The SMILES string of the molecule is CC(C)CN1CCC([C@@H]2CCN(C(=O)COc3ccc(F)cc3)C2)CC1. The fraction of sp³-hybridized carbons (Fsp3) is 0.667. The number of nitrogens with zero attached hydrogens (tertiary/aromatic N) is 2. The van der Waals surface area contributed by atoms with Crippen LogP contribution < -0.4 is 4.74 Å². The Morgan fingerprint density at radius 2 is 1.77 bits per heavy atom. The Bertz CT molecular complexity index is 582. The molecule has 0 bridgehead atoms. The molecular weight excluding hydrogens is 331 g/mol. The first kappa shape index (κ1) is 19.2. The lowest BCUT2D eigenvalue weighted by molar-refractivity contribution is -0.132. The van der Waals surface area contributed by atoms with Crippen molar-refractivity contribution in [3.05, 3.63) is 30.1 Å². The predicted octanol–water partition coefficient (Wildman–Crippen LogP) is 3.42. The van der Waals surface area contributed by atoms with Crippen LogP contribution in [0.4, 0.5) is 4.39 Å². The van der Waals surface area contributed by atoms with Gasteiger partial charge in [0.2, 0.25) is 0 Å². The van der Waals surface area contributed by atoms with Crippen LogP contribution >= 0.6 is 0 Å². The van der Waals surface area contributed by atoms with Gasteiger partial charge in [0.1, 0.15) is 11.6 Å². The number of likely N-dealkylation sites (tertiary alicyclic amines) is 2. The van der Waals surface area contributed by atoms with Crippen molar-refractivity contribution in [2.45, 2.75) is 33.1 Å². The molecule has 0 radical (unpaired) electrons. The molecule has 0 spiro atoms. The summed E-state index contributed by atoms with van der Waals surface area (Å²) in [5.74, 6) is 2.38. The van der Waals surface area contributed by atoms with Gasteiger partial charge in [-0.25, -0.2) is 4.39 Å². The summed E-state index contributed by atoms with van der Waals surface area (Å²) in [5.41, 5.74) is 0. The van der Waals surface area contributed by atoms with Gasteiger partial charge in [-0.05, 0) is 74.4 Å². The Kier molecular flexibility index (Phi) is 6.52. The molecule has 5 heteroatoms. The normalized spacial score (nSPS) is 22.2. The monoisotopic (exact) mass is 362 g/mol. The minimum atomic E-state index is -0.300. The topological polar surface area (TPSA) is 32.8 Å². The van der Waals surface area contributed by atoms with E-state index in [-0.39, 0.29) is 18.3 Å². The molecule has 0 unspecified atom stereocenters. The third-order valence-corrected chi connectivity index (χ3v) is 5.68. The largest absolute Gasteiger partial charge is 0.484 e. The van der Waals surface area contributed by atoms with Crippen molar-refractivity contribution in [1.82, 2.24) is 9.80 Å². The number of halogens is 1. The van der Waals surface area contributed by atoms with Crippen LogP contribution in [0.15, 0.2) is 24.3 Å². The number of hydrogen-bond acceptors (Lipinski definition) is 3. The number of amides is 1. The van der Waals surface area contributed by atoms with Gasteiger partial charge in [-0.1, -0.05) is 13.8 Å². The third-order valence-electron chi connectivity index (χ3n) is 5.68. The summed E-state index contributed by atoms with van der Waals surface area (Å²) in [6.45, 7) is 9.87. The Morgan fingerprint density at radius 3 is 2.42 bits per heavy atom. The van der Waals surface area contributed by atoms with Gasteiger partial charge in [0.25, 0.3) is 5.91 Å². The summed E-state index contributed by atoms with van der Waals surface area (Å²) in [6, 6.07) is 5.80. The minimum absolute atomic E-state index is 0.0329. The lowest BCUT2D eigenvalue weighted by Crippen LogP contribution is -2.39. The lowest BCUT2D eigenvalue weighted by Gasteiger charge is -2.35. The molecule has 1 amide bonds. The van der Waals surface area contributed by atoms with Gasteiger partial charge in [-0.15, -0.1) is 0 Å². The van der Waals surface area contributed by atoms with Gasteiger partial charge in [-0.3, -0.25) is 4.79 Å². The van der Waals surface area contributed by atoms with Crippen LogP contribution in [0.1, 0.15) is 33.1 Å². The summed E-state index contributed by atoms with van der Waals surface area (Å²) in [6.07, 6.45) is 3.62. The fourth-order valence-corrected chi connectivity index (χ4v) is 4.29. The maximum absolute atomic E-state index is 12.9. The zero-order valence-corrected chi connectivity index (χ0v) is 16.0. The van der Waals surface area contributed by atoms with Crippen LogP contribution in [-0.4, -0.2) is 55.0 Å². The van der Waals surface area contributed by atoms with Crippen LogP contribution in [0.5, 0.6) is 5.75 Å². The average molecular weight is 362 g/mol. The van der Waals surface area contributed by atoms with E-state index >= 15 is 0 Å². The van der Waals surface area contributed by atoms with Crippen LogP contribution in [0.2, 0.25) is 0 Å². The number of carbonyl (C=O) groups is 1. The average Bonchev–Trinajstić information content (AvgIpc) is 3.11. The number of piperidine rings is 1. The highest BCUT2D eigenvalue weighted by molar-refractivity contribution is 5.78. The van der Waals surface area contributed by atoms with Crippen molar-refractivity contribution < 1.29 is 13.9 Å². The molecule has 2 aliphatic heterocycles. The summed E-state index contributed by atoms with van der Waals surface area (Å²) in [4.78, 5) is 16.9. The molecule has 4 nitrogen and oxygen atoms in total. The van der Waals surface area contributed by atoms with Gasteiger partial charge >= 0.3 is 0 Å². The maximum atomic E-state index is 12.9. The highest BCUT2D eigenvalue weighted by Gasteiger charge is 2.33. The van der Waals surface area contributed by atoms with E-state index in [0.29, 0.717) is 11.7 Å². The summed E-state index contributed by atoms with van der Waals surface area (Å²) in [5, 5.41) is 0. The Morgan fingerprint density at radius 1 is 1.12 bits per heavy atom. The first-order valence-corrected chi connectivity index (χ1v) is 9.89. The summed E-state index contributed by atoms with van der Waals surface area (Å²) < 4.78 is 18.4.